The van der Waals surface area contributed by atoms with E-state index in [0.717, 1.165) is 16.5 Å². The van der Waals surface area contributed by atoms with E-state index in [1.54, 1.807) is 6.07 Å². The number of H-pyrrole nitrogens is 2. The molecule has 0 aliphatic carbocycles. The summed E-state index contributed by atoms with van der Waals surface area (Å²) < 4.78 is 0. The maximum atomic E-state index is 11.0. The van der Waals surface area contributed by atoms with E-state index in [0.29, 0.717) is 11.4 Å². The average molecular weight is 226 g/mol. The minimum absolute atomic E-state index is 0.314. The largest absolute Gasteiger partial charge is 0.364 e. The van der Waals surface area contributed by atoms with Crippen LogP contribution in [0.3, 0.4) is 0 Å². The summed E-state index contributed by atoms with van der Waals surface area (Å²) in [5.41, 5.74) is 8.20. The predicted octanol–water partition coefficient (Wildman–Crippen LogP) is 1.66. The Labute approximate surface area is 96.6 Å². The fraction of sp³-hybridized carbons (Fsp3) is 0. The van der Waals surface area contributed by atoms with Crippen molar-refractivity contribution in [1.29, 1.82) is 0 Å². The van der Waals surface area contributed by atoms with Gasteiger partial charge in [0.25, 0.3) is 5.91 Å². The molecule has 5 heteroatoms. The lowest BCUT2D eigenvalue weighted by Crippen LogP contribution is -2.10. The van der Waals surface area contributed by atoms with E-state index < -0.39 is 5.91 Å². The lowest BCUT2D eigenvalue weighted by molar-refractivity contribution is 0.0995. The maximum Gasteiger partial charge on any atom is 0.266 e. The fourth-order valence-electron chi connectivity index (χ4n) is 1.81. The summed E-state index contributed by atoms with van der Waals surface area (Å²) >= 11 is 0. The third kappa shape index (κ3) is 1.57. The van der Waals surface area contributed by atoms with Crippen LogP contribution in [0.25, 0.3) is 22.2 Å². The fourth-order valence-corrected chi connectivity index (χ4v) is 1.81. The summed E-state index contributed by atoms with van der Waals surface area (Å²) in [7, 11) is 0. The molecule has 0 fully saturated rings. The summed E-state index contributed by atoms with van der Waals surface area (Å²) in [4.78, 5) is 14.1. The van der Waals surface area contributed by atoms with Crippen molar-refractivity contribution in [2.24, 2.45) is 5.73 Å². The van der Waals surface area contributed by atoms with Gasteiger partial charge in [-0.05, 0) is 24.3 Å². The van der Waals surface area contributed by atoms with Crippen molar-refractivity contribution in [2.75, 3.05) is 0 Å². The molecule has 0 aliphatic heterocycles. The molecule has 2 aromatic heterocycles. The van der Waals surface area contributed by atoms with Gasteiger partial charge in [0.1, 0.15) is 5.69 Å². The van der Waals surface area contributed by atoms with Gasteiger partial charge in [-0.3, -0.25) is 9.89 Å². The number of benzene rings is 1. The Bertz CT molecular complexity index is 695. The van der Waals surface area contributed by atoms with Crippen LogP contribution in [0.2, 0.25) is 0 Å². The summed E-state index contributed by atoms with van der Waals surface area (Å²) in [5, 5.41) is 7.78. The number of carbonyl (C=O) groups excluding carboxylic acids is 1. The molecule has 3 rings (SSSR count). The number of aromatic amines is 2. The quantitative estimate of drug-likeness (QED) is 0.620. The molecule has 0 radical (unpaired) electrons. The number of nitrogens with one attached hydrogen (secondary N) is 2. The van der Waals surface area contributed by atoms with Gasteiger partial charge in [-0.1, -0.05) is 6.07 Å². The average Bonchev–Trinajstić information content (AvgIpc) is 2.97. The van der Waals surface area contributed by atoms with Gasteiger partial charge in [-0.15, -0.1) is 0 Å². The molecule has 84 valence electrons. The minimum atomic E-state index is -0.508. The zero-order chi connectivity index (χ0) is 11.8. The van der Waals surface area contributed by atoms with Gasteiger partial charge in [0.05, 0.1) is 5.69 Å². The Morgan fingerprint density at radius 2 is 2.12 bits per heavy atom. The van der Waals surface area contributed by atoms with Gasteiger partial charge in [0.15, 0.2) is 0 Å². The van der Waals surface area contributed by atoms with Crippen LogP contribution in [0, 0.1) is 0 Å². The van der Waals surface area contributed by atoms with Crippen molar-refractivity contribution < 1.29 is 4.79 Å². The van der Waals surface area contributed by atoms with Crippen LogP contribution in [-0.2, 0) is 0 Å². The van der Waals surface area contributed by atoms with Crippen LogP contribution in [-0.4, -0.2) is 21.1 Å². The Morgan fingerprint density at radius 3 is 2.88 bits per heavy atom. The van der Waals surface area contributed by atoms with Gasteiger partial charge >= 0.3 is 0 Å². The van der Waals surface area contributed by atoms with Crippen molar-refractivity contribution in [3.8, 4) is 11.3 Å². The zero-order valence-corrected chi connectivity index (χ0v) is 8.90. The van der Waals surface area contributed by atoms with E-state index in [2.05, 4.69) is 15.2 Å². The lowest BCUT2D eigenvalue weighted by atomic mass is 10.1. The third-order valence-corrected chi connectivity index (χ3v) is 2.69. The molecule has 0 atom stereocenters. The summed E-state index contributed by atoms with van der Waals surface area (Å²) in [6.45, 7) is 0. The molecule has 1 amide bonds. The number of nitrogens with two attached hydrogens (primary N) is 1. The van der Waals surface area contributed by atoms with Crippen LogP contribution < -0.4 is 5.73 Å². The zero-order valence-electron chi connectivity index (χ0n) is 8.90. The van der Waals surface area contributed by atoms with E-state index in [9.17, 15) is 4.79 Å². The second-order valence-electron chi connectivity index (χ2n) is 3.81. The van der Waals surface area contributed by atoms with Crippen LogP contribution in [0.4, 0.5) is 0 Å². The van der Waals surface area contributed by atoms with Crippen molar-refractivity contribution in [3.05, 3.63) is 42.2 Å². The molecule has 3 aromatic rings. The molecule has 1 aromatic carbocycles. The molecular weight excluding hydrogens is 216 g/mol. The number of carbonyl (C=O) groups is 1. The first-order valence-corrected chi connectivity index (χ1v) is 5.17. The summed E-state index contributed by atoms with van der Waals surface area (Å²) in [5.74, 6) is -0.508. The Hall–Kier alpha value is -2.56. The second kappa shape index (κ2) is 3.48. The molecule has 17 heavy (non-hydrogen) atoms. The van der Waals surface area contributed by atoms with Crippen LogP contribution in [0.1, 0.15) is 10.5 Å². The SMILES string of the molecule is NC(=O)c1cc(-c2ccc3[nH]ccc3c2)n[nH]1. The molecule has 0 saturated carbocycles. The summed E-state index contributed by atoms with van der Waals surface area (Å²) in [6, 6.07) is 9.56. The van der Waals surface area contributed by atoms with Gasteiger partial charge < -0.3 is 10.7 Å². The molecule has 0 unspecified atom stereocenters. The lowest BCUT2D eigenvalue weighted by Gasteiger charge is -1.96. The molecule has 5 nitrogen and oxygen atoms in total. The number of hydrogen-bond acceptors (Lipinski definition) is 2. The summed E-state index contributed by atoms with van der Waals surface area (Å²) in [6.07, 6.45) is 1.88. The highest BCUT2D eigenvalue weighted by Crippen LogP contribution is 2.22. The molecule has 0 bridgehead atoms. The molecule has 0 saturated heterocycles. The smallest absolute Gasteiger partial charge is 0.266 e. The number of nitrogens with zero attached hydrogens (tertiary/aromatic N) is 1. The van der Waals surface area contributed by atoms with Crippen molar-refractivity contribution in [1.82, 2.24) is 15.2 Å². The molecule has 2 heterocycles. The van der Waals surface area contributed by atoms with E-state index >= 15 is 0 Å². The number of fused-ring (bicyclic) bond motifs is 1. The predicted molar refractivity (Wildman–Crippen MR) is 64.4 cm³/mol. The number of aromatic nitrogens is 3. The van der Waals surface area contributed by atoms with Gasteiger partial charge in [-0.2, -0.15) is 5.10 Å². The first kappa shape index (κ1) is 9.65. The van der Waals surface area contributed by atoms with Crippen molar-refractivity contribution in [3.63, 3.8) is 0 Å². The van der Waals surface area contributed by atoms with E-state index in [-0.39, 0.29) is 0 Å². The number of amides is 1. The number of primary amides is 1. The third-order valence-electron chi connectivity index (χ3n) is 2.69. The highest BCUT2D eigenvalue weighted by atomic mass is 16.1. The van der Waals surface area contributed by atoms with Crippen LogP contribution >= 0.6 is 0 Å². The monoisotopic (exact) mass is 226 g/mol. The maximum absolute atomic E-state index is 11.0. The normalized spacial score (nSPS) is 10.8. The first-order valence-electron chi connectivity index (χ1n) is 5.17. The molecule has 0 spiro atoms. The molecule has 0 aliphatic rings. The highest BCUT2D eigenvalue weighted by Gasteiger charge is 2.08. The van der Waals surface area contributed by atoms with E-state index in [4.69, 9.17) is 5.73 Å². The number of hydrogen-bond donors (Lipinski definition) is 3. The van der Waals surface area contributed by atoms with Crippen molar-refractivity contribution in [2.45, 2.75) is 0 Å². The topological polar surface area (TPSA) is 87.6 Å². The van der Waals surface area contributed by atoms with Gasteiger partial charge in [-0.25, -0.2) is 0 Å². The Morgan fingerprint density at radius 1 is 1.24 bits per heavy atom. The molecular formula is C12H10N4O. The van der Waals surface area contributed by atoms with Crippen LogP contribution in [0.15, 0.2) is 36.5 Å². The minimum Gasteiger partial charge on any atom is -0.364 e. The Kier molecular flexibility index (Phi) is 1.98. The van der Waals surface area contributed by atoms with Gasteiger partial charge in [0.2, 0.25) is 0 Å². The van der Waals surface area contributed by atoms with Crippen molar-refractivity contribution >= 4 is 16.8 Å². The van der Waals surface area contributed by atoms with E-state index in [1.165, 1.54) is 0 Å². The number of rotatable bonds is 2. The Balaban J connectivity index is 2.09. The standard InChI is InChI=1S/C12H10N4O/c13-12(17)11-6-10(15-16-11)7-1-2-9-8(5-7)3-4-14-9/h1-6,14H,(H2,13,17)(H,15,16). The first-order chi connectivity index (χ1) is 8.24. The van der Waals surface area contributed by atoms with Crippen LogP contribution in [0.5, 0.6) is 0 Å². The van der Waals surface area contributed by atoms with Gasteiger partial charge in [0, 0.05) is 22.7 Å². The molecule has 4 N–H and O–H groups in total. The van der Waals surface area contributed by atoms with E-state index in [1.807, 2.05) is 30.5 Å². The highest BCUT2D eigenvalue weighted by molar-refractivity contribution is 5.92. The second-order valence-corrected chi connectivity index (χ2v) is 3.81.